The molecule has 0 saturated carbocycles. The van der Waals surface area contributed by atoms with Crippen molar-refractivity contribution in [1.29, 1.82) is 0 Å². The summed E-state index contributed by atoms with van der Waals surface area (Å²) in [4.78, 5) is 18.3. The zero-order valence-electron chi connectivity index (χ0n) is 9.69. The standard InChI is InChI=1S/C11H12F2N2O3/c1-11(3-2-4-18-11)10-14-5-6(9(16)17)7(15-10)8(12)13/h5,8H,2-4H2,1H3,(H,16,17). The van der Waals surface area contributed by atoms with Crippen molar-refractivity contribution in [2.24, 2.45) is 0 Å². The Balaban J connectivity index is 2.46. The number of aromatic nitrogens is 2. The third-order valence-corrected chi connectivity index (χ3v) is 2.95. The molecule has 2 rings (SSSR count). The maximum absolute atomic E-state index is 12.8. The Bertz CT molecular complexity index is 473. The third-order valence-electron chi connectivity index (χ3n) is 2.95. The summed E-state index contributed by atoms with van der Waals surface area (Å²) < 4.78 is 31.0. The Kier molecular flexibility index (Phi) is 3.25. The Morgan fingerprint density at radius 2 is 2.33 bits per heavy atom. The predicted molar refractivity (Wildman–Crippen MR) is 56.5 cm³/mol. The summed E-state index contributed by atoms with van der Waals surface area (Å²) in [5.41, 5.74) is -2.14. The lowest BCUT2D eigenvalue weighted by atomic mass is 10.0. The maximum Gasteiger partial charge on any atom is 0.339 e. The van der Waals surface area contributed by atoms with Crippen LogP contribution in [0.2, 0.25) is 0 Å². The first-order valence-corrected chi connectivity index (χ1v) is 5.47. The number of carboxylic acids is 1. The number of carbonyl (C=O) groups is 1. The van der Waals surface area contributed by atoms with E-state index in [-0.39, 0.29) is 5.82 Å². The summed E-state index contributed by atoms with van der Waals surface area (Å²) >= 11 is 0. The number of hydrogen-bond donors (Lipinski definition) is 1. The number of hydrogen-bond acceptors (Lipinski definition) is 4. The zero-order chi connectivity index (χ0) is 13.3. The van der Waals surface area contributed by atoms with Crippen LogP contribution in [0.3, 0.4) is 0 Å². The number of rotatable bonds is 3. The highest BCUT2D eigenvalue weighted by Gasteiger charge is 2.36. The molecule has 1 saturated heterocycles. The maximum atomic E-state index is 12.8. The van der Waals surface area contributed by atoms with Crippen LogP contribution in [0.15, 0.2) is 6.20 Å². The topological polar surface area (TPSA) is 72.3 Å². The van der Waals surface area contributed by atoms with Crippen LogP contribution in [0.5, 0.6) is 0 Å². The monoisotopic (exact) mass is 258 g/mol. The minimum atomic E-state index is -2.96. The first-order chi connectivity index (χ1) is 8.44. The molecule has 0 amide bonds. The normalized spacial score (nSPS) is 23.6. The van der Waals surface area contributed by atoms with Crippen molar-refractivity contribution in [1.82, 2.24) is 9.97 Å². The van der Waals surface area contributed by atoms with E-state index in [1.807, 2.05) is 0 Å². The molecular formula is C11H12F2N2O3. The summed E-state index contributed by atoms with van der Waals surface area (Å²) in [7, 11) is 0. The molecule has 18 heavy (non-hydrogen) atoms. The van der Waals surface area contributed by atoms with Crippen LogP contribution >= 0.6 is 0 Å². The third kappa shape index (κ3) is 2.17. The van der Waals surface area contributed by atoms with Gasteiger partial charge in [0.1, 0.15) is 16.9 Å². The van der Waals surface area contributed by atoms with E-state index in [2.05, 4.69) is 9.97 Å². The van der Waals surface area contributed by atoms with E-state index in [0.29, 0.717) is 13.0 Å². The molecule has 1 aromatic heterocycles. The largest absolute Gasteiger partial charge is 0.478 e. The highest BCUT2D eigenvalue weighted by atomic mass is 19.3. The summed E-state index contributed by atoms with van der Waals surface area (Å²) in [5.74, 6) is -1.35. The van der Waals surface area contributed by atoms with Crippen molar-refractivity contribution >= 4 is 5.97 Å². The second kappa shape index (κ2) is 4.56. The van der Waals surface area contributed by atoms with Crippen molar-refractivity contribution in [2.45, 2.75) is 31.8 Å². The van der Waals surface area contributed by atoms with Gasteiger partial charge in [0.05, 0.1) is 0 Å². The van der Waals surface area contributed by atoms with Gasteiger partial charge in [0.25, 0.3) is 6.43 Å². The van der Waals surface area contributed by atoms with Crippen LogP contribution in [0, 0.1) is 0 Å². The fraction of sp³-hybridized carbons (Fsp3) is 0.545. The molecule has 1 aliphatic heterocycles. The molecule has 0 aliphatic carbocycles. The van der Waals surface area contributed by atoms with Gasteiger partial charge in [0.15, 0.2) is 5.82 Å². The first kappa shape index (κ1) is 12.8. The van der Waals surface area contributed by atoms with E-state index in [4.69, 9.17) is 9.84 Å². The Labute approximate surface area is 102 Å². The van der Waals surface area contributed by atoms with E-state index in [9.17, 15) is 13.6 Å². The molecule has 2 heterocycles. The highest BCUT2D eigenvalue weighted by Crippen LogP contribution is 2.34. The van der Waals surface area contributed by atoms with Crippen LogP contribution in [0.1, 0.15) is 48.1 Å². The summed E-state index contributed by atoms with van der Waals surface area (Å²) in [6, 6.07) is 0. The summed E-state index contributed by atoms with van der Waals surface area (Å²) in [6.07, 6.45) is -0.617. The van der Waals surface area contributed by atoms with Gasteiger partial charge in [-0.25, -0.2) is 23.5 Å². The number of nitrogens with zero attached hydrogens (tertiary/aromatic N) is 2. The minimum Gasteiger partial charge on any atom is -0.478 e. The van der Waals surface area contributed by atoms with Gasteiger partial charge in [-0.1, -0.05) is 0 Å². The molecule has 5 nitrogen and oxygen atoms in total. The van der Waals surface area contributed by atoms with Gasteiger partial charge in [0.2, 0.25) is 0 Å². The van der Waals surface area contributed by atoms with E-state index >= 15 is 0 Å². The van der Waals surface area contributed by atoms with Crippen molar-refractivity contribution < 1.29 is 23.4 Å². The fourth-order valence-electron chi connectivity index (χ4n) is 1.94. The smallest absolute Gasteiger partial charge is 0.339 e. The minimum absolute atomic E-state index is 0.111. The molecule has 1 unspecified atom stereocenters. The summed E-state index contributed by atoms with van der Waals surface area (Å²) in [6.45, 7) is 2.23. The van der Waals surface area contributed by atoms with Gasteiger partial charge in [-0.05, 0) is 19.8 Å². The van der Waals surface area contributed by atoms with Gasteiger partial charge >= 0.3 is 5.97 Å². The number of alkyl halides is 2. The SMILES string of the molecule is CC1(c2ncc(C(=O)O)c(C(F)F)n2)CCCO1. The predicted octanol–water partition coefficient (Wildman–Crippen LogP) is 2.14. The average molecular weight is 258 g/mol. The number of ether oxygens (including phenoxy) is 1. The fourth-order valence-corrected chi connectivity index (χ4v) is 1.94. The lowest BCUT2D eigenvalue weighted by molar-refractivity contribution is 0.00832. The van der Waals surface area contributed by atoms with Gasteiger partial charge in [-0.2, -0.15) is 0 Å². The highest BCUT2D eigenvalue weighted by molar-refractivity contribution is 5.88. The van der Waals surface area contributed by atoms with Gasteiger partial charge in [0, 0.05) is 12.8 Å². The first-order valence-electron chi connectivity index (χ1n) is 5.47. The number of aromatic carboxylic acids is 1. The summed E-state index contributed by atoms with van der Waals surface area (Å²) in [5, 5.41) is 8.79. The average Bonchev–Trinajstić information content (AvgIpc) is 2.76. The van der Waals surface area contributed by atoms with Crippen molar-refractivity contribution in [3.63, 3.8) is 0 Å². The van der Waals surface area contributed by atoms with Crippen molar-refractivity contribution in [3.8, 4) is 0 Å². The molecule has 0 radical (unpaired) electrons. The lowest BCUT2D eigenvalue weighted by Crippen LogP contribution is -2.25. The van der Waals surface area contributed by atoms with Gasteiger partial charge in [-0.15, -0.1) is 0 Å². The second-order valence-electron chi connectivity index (χ2n) is 4.28. The quantitative estimate of drug-likeness (QED) is 0.899. The van der Waals surface area contributed by atoms with Crippen LogP contribution in [0.4, 0.5) is 8.78 Å². The lowest BCUT2D eigenvalue weighted by Gasteiger charge is -2.21. The second-order valence-corrected chi connectivity index (χ2v) is 4.28. The van der Waals surface area contributed by atoms with E-state index in [1.165, 1.54) is 0 Å². The van der Waals surface area contributed by atoms with Crippen molar-refractivity contribution in [2.75, 3.05) is 6.61 Å². The van der Waals surface area contributed by atoms with Crippen molar-refractivity contribution in [3.05, 3.63) is 23.3 Å². The van der Waals surface area contributed by atoms with E-state index in [1.54, 1.807) is 6.92 Å². The molecule has 98 valence electrons. The molecule has 0 spiro atoms. The molecule has 1 atom stereocenters. The van der Waals surface area contributed by atoms with Gasteiger partial charge < -0.3 is 9.84 Å². The molecule has 7 heteroatoms. The molecule has 1 N–H and O–H groups in total. The Morgan fingerprint density at radius 3 is 2.83 bits per heavy atom. The molecule has 1 aliphatic rings. The molecule has 1 aromatic rings. The van der Waals surface area contributed by atoms with E-state index < -0.39 is 29.3 Å². The molecular weight excluding hydrogens is 246 g/mol. The molecule has 0 bridgehead atoms. The van der Waals surface area contributed by atoms with Crippen LogP contribution in [-0.2, 0) is 10.3 Å². The molecule has 1 fully saturated rings. The van der Waals surface area contributed by atoms with E-state index in [0.717, 1.165) is 12.6 Å². The Morgan fingerprint density at radius 1 is 1.61 bits per heavy atom. The zero-order valence-corrected chi connectivity index (χ0v) is 9.69. The molecule has 0 aromatic carbocycles. The van der Waals surface area contributed by atoms with Crippen LogP contribution in [-0.4, -0.2) is 27.7 Å². The van der Waals surface area contributed by atoms with Gasteiger partial charge in [-0.3, -0.25) is 0 Å². The Hall–Kier alpha value is -1.63. The van der Waals surface area contributed by atoms with Crippen LogP contribution in [0.25, 0.3) is 0 Å². The number of carboxylic acid groups (broad SMARTS) is 1. The van der Waals surface area contributed by atoms with Crippen LogP contribution < -0.4 is 0 Å². The number of halogens is 2.